The maximum Gasteiger partial charge on any atom is 0.326 e. The second kappa shape index (κ2) is 17.6. The maximum absolute atomic E-state index is 14.2. The van der Waals surface area contributed by atoms with Gasteiger partial charge in [0.15, 0.2) is 17.6 Å². The summed E-state index contributed by atoms with van der Waals surface area (Å²) in [5.41, 5.74) is 8.11. The van der Waals surface area contributed by atoms with E-state index in [9.17, 15) is 24.6 Å². The molecule has 3 unspecified atom stereocenters. The van der Waals surface area contributed by atoms with Gasteiger partial charge in [0, 0.05) is 36.8 Å². The normalized spacial score (nSPS) is 16.0. The van der Waals surface area contributed by atoms with E-state index in [2.05, 4.69) is 10.3 Å². The van der Waals surface area contributed by atoms with Crippen molar-refractivity contribution in [3.05, 3.63) is 170 Å². The van der Waals surface area contributed by atoms with Gasteiger partial charge in [0.1, 0.15) is 36.8 Å². The second-order valence-electron chi connectivity index (χ2n) is 15.2. The van der Waals surface area contributed by atoms with E-state index in [-0.39, 0.29) is 37.3 Å². The number of aryl methyl sites for hydroxylation is 1. The lowest BCUT2D eigenvalue weighted by Gasteiger charge is -2.37. The van der Waals surface area contributed by atoms with Gasteiger partial charge in [-0.25, -0.2) is 4.79 Å². The molecule has 5 aromatic carbocycles. The Balaban J connectivity index is 0.991. The highest BCUT2D eigenvalue weighted by molar-refractivity contribution is 6.42. The molecule has 13 heteroatoms. The lowest BCUT2D eigenvalue weighted by atomic mass is 9.91. The Hall–Kier alpha value is -6.56. The minimum Gasteiger partial charge on any atom is -0.508 e. The van der Waals surface area contributed by atoms with E-state index in [4.69, 9.17) is 37.4 Å². The predicted octanol–water partition coefficient (Wildman–Crippen LogP) is 8.85. The predicted molar refractivity (Wildman–Crippen MR) is 230 cm³/mol. The van der Waals surface area contributed by atoms with Crippen molar-refractivity contribution in [1.82, 2.24) is 15.2 Å². The summed E-state index contributed by atoms with van der Waals surface area (Å²) in [5, 5.41) is 24.2. The zero-order chi connectivity index (χ0) is 42.8. The number of nitrogens with zero attached hydrogens (tertiary/aromatic N) is 2. The number of carboxylic acids is 1. The largest absolute Gasteiger partial charge is 0.508 e. The van der Waals surface area contributed by atoms with Crippen molar-refractivity contribution in [2.45, 2.75) is 58.0 Å². The number of aromatic hydroxyl groups is 1. The van der Waals surface area contributed by atoms with E-state index in [1.807, 2.05) is 86.6 Å². The van der Waals surface area contributed by atoms with Crippen molar-refractivity contribution in [3.8, 4) is 34.1 Å². The van der Waals surface area contributed by atoms with Gasteiger partial charge < -0.3 is 34.6 Å². The van der Waals surface area contributed by atoms with Crippen LogP contribution in [-0.2, 0) is 35.6 Å². The third-order valence-corrected chi connectivity index (χ3v) is 11.9. The molecule has 3 heterocycles. The van der Waals surface area contributed by atoms with Gasteiger partial charge in [0.25, 0.3) is 5.91 Å². The van der Waals surface area contributed by atoms with E-state index >= 15 is 0 Å². The molecule has 0 saturated heterocycles. The average Bonchev–Trinajstić information content (AvgIpc) is 3.26. The van der Waals surface area contributed by atoms with Crippen LogP contribution in [0.15, 0.2) is 115 Å². The van der Waals surface area contributed by atoms with Crippen LogP contribution in [0.5, 0.6) is 23.0 Å². The van der Waals surface area contributed by atoms with E-state index in [1.165, 1.54) is 17.0 Å². The number of carbonyl (C=O) groups is 3. The molecule has 0 spiro atoms. The quantitative estimate of drug-likeness (QED) is 0.116. The molecule has 1 aromatic heterocycles. The smallest absolute Gasteiger partial charge is 0.326 e. The number of rotatable bonds is 11. The van der Waals surface area contributed by atoms with Gasteiger partial charge in [-0.05, 0) is 119 Å². The van der Waals surface area contributed by atoms with Crippen molar-refractivity contribution < 1.29 is 38.8 Å². The van der Waals surface area contributed by atoms with Crippen molar-refractivity contribution >= 4 is 41.0 Å². The fourth-order valence-corrected chi connectivity index (χ4v) is 7.94. The third-order valence-electron chi connectivity index (χ3n) is 11.1. The first kappa shape index (κ1) is 41.2. The number of phenolic OH excluding ortho intramolecular Hbond substituents is 1. The number of phenols is 1. The Kier molecular flexibility index (Phi) is 11.9. The lowest BCUT2D eigenvalue weighted by Crippen LogP contribution is -2.56. The van der Waals surface area contributed by atoms with Gasteiger partial charge in [-0.2, -0.15) is 0 Å². The number of fused-ring (bicyclic) bond motifs is 2. The van der Waals surface area contributed by atoms with E-state index in [1.54, 1.807) is 30.5 Å². The second-order valence-corrected chi connectivity index (χ2v) is 16.0. The molecule has 3 N–H and O–H groups in total. The summed E-state index contributed by atoms with van der Waals surface area (Å²) >= 11 is 12.2. The molecule has 0 aliphatic carbocycles. The molecule has 3 atom stereocenters. The third kappa shape index (κ3) is 9.13. The summed E-state index contributed by atoms with van der Waals surface area (Å²) in [6, 6.07) is 29.5. The summed E-state index contributed by atoms with van der Waals surface area (Å²) in [5.74, 6) is -0.801. The molecule has 2 amide bonds. The average molecular weight is 859 g/mol. The summed E-state index contributed by atoms with van der Waals surface area (Å²) < 4.78 is 18.6. The van der Waals surface area contributed by atoms with Crippen LogP contribution < -0.4 is 19.5 Å². The number of ether oxygens (including phenoxy) is 3. The number of hydrogen-bond acceptors (Lipinski definition) is 8. The van der Waals surface area contributed by atoms with Crippen LogP contribution in [-0.4, -0.2) is 56.6 Å². The molecule has 11 nitrogen and oxygen atoms in total. The lowest BCUT2D eigenvalue weighted by molar-refractivity contribution is -0.142. The molecule has 0 fully saturated rings. The summed E-state index contributed by atoms with van der Waals surface area (Å²) in [7, 11) is 0. The SMILES string of the molecule is Cc1nccc(-c2ccc(CC(NC(=O)C3Cc4cc5c(cc4CN3C(=O)c3cccc(O)c3)OC(c3ccc(OCc4ccc(Cl)c(Cl)c4)cc3)CO5)C(=O)O)cc2)c1C. The van der Waals surface area contributed by atoms with Gasteiger partial charge in [0.05, 0.1) is 10.0 Å². The Bertz CT molecular complexity index is 2640. The fraction of sp³-hybridized carbons (Fsp3) is 0.208. The van der Waals surface area contributed by atoms with Crippen LogP contribution in [0.1, 0.15) is 55.5 Å². The first-order valence-corrected chi connectivity index (χ1v) is 20.4. The monoisotopic (exact) mass is 857 g/mol. The number of nitrogens with one attached hydrogen (secondary N) is 1. The van der Waals surface area contributed by atoms with Crippen LogP contribution in [0.25, 0.3) is 11.1 Å². The van der Waals surface area contributed by atoms with Gasteiger partial charge >= 0.3 is 5.97 Å². The number of hydrogen-bond donors (Lipinski definition) is 3. The molecule has 8 rings (SSSR count). The van der Waals surface area contributed by atoms with Gasteiger partial charge in [-0.3, -0.25) is 14.6 Å². The number of carbonyl (C=O) groups excluding carboxylic acids is 2. The summed E-state index contributed by atoms with van der Waals surface area (Å²) in [4.78, 5) is 46.7. The molecule has 0 bridgehead atoms. The minimum absolute atomic E-state index is 0.0151. The van der Waals surface area contributed by atoms with Crippen LogP contribution in [0.4, 0.5) is 0 Å². The number of aromatic nitrogens is 1. The van der Waals surface area contributed by atoms with Crippen LogP contribution >= 0.6 is 23.2 Å². The fourth-order valence-electron chi connectivity index (χ4n) is 7.62. The number of halogens is 2. The van der Waals surface area contributed by atoms with E-state index < -0.39 is 36.0 Å². The van der Waals surface area contributed by atoms with Gasteiger partial charge in [-0.1, -0.05) is 71.7 Å². The summed E-state index contributed by atoms with van der Waals surface area (Å²) in [6.07, 6.45) is 1.43. The Morgan fingerprint density at radius 3 is 2.38 bits per heavy atom. The number of benzene rings is 5. The highest BCUT2D eigenvalue weighted by Gasteiger charge is 2.38. The Labute approximate surface area is 362 Å². The number of carboxylic acid groups (broad SMARTS) is 1. The molecule has 6 aromatic rings. The molecule has 61 heavy (non-hydrogen) atoms. The first-order valence-electron chi connectivity index (χ1n) is 19.7. The van der Waals surface area contributed by atoms with E-state index in [0.29, 0.717) is 39.5 Å². The van der Waals surface area contributed by atoms with Crippen molar-refractivity contribution in [2.75, 3.05) is 6.61 Å². The Morgan fingerprint density at radius 2 is 1.64 bits per heavy atom. The molecule has 2 aliphatic heterocycles. The number of pyridine rings is 1. The molecule has 0 saturated carbocycles. The number of aliphatic carboxylic acids is 1. The molecule has 2 aliphatic rings. The minimum atomic E-state index is -1.28. The van der Waals surface area contributed by atoms with Crippen LogP contribution in [0, 0.1) is 13.8 Å². The van der Waals surface area contributed by atoms with Gasteiger partial charge in [0.2, 0.25) is 5.91 Å². The highest BCUT2D eigenvalue weighted by Crippen LogP contribution is 2.41. The van der Waals surface area contributed by atoms with Gasteiger partial charge in [-0.15, -0.1) is 0 Å². The van der Waals surface area contributed by atoms with Crippen LogP contribution in [0.3, 0.4) is 0 Å². The van der Waals surface area contributed by atoms with Crippen LogP contribution in [0.2, 0.25) is 10.0 Å². The standard InChI is InChI=1S/C48H41Cl2N3O8/c1-27-28(2)51-17-16-38(27)31-9-6-29(7-10-31)19-41(48(57)58)52-46(55)42-21-34-22-43-44(23-35(34)24-53(42)47(56)33-4-3-5-36(54)20-33)61-45(26-60-43)32-11-13-37(14-12-32)59-25-30-8-15-39(49)40(50)18-30/h3-18,20,22-23,41-42,45,54H,19,21,24-26H2,1-2H3,(H,52,55)(H,57,58). The van der Waals surface area contributed by atoms with Crippen molar-refractivity contribution in [3.63, 3.8) is 0 Å². The van der Waals surface area contributed by atoms with E-state index in [0.717, 1.165) is 44.6 Å². The van der Waals surface area contributed by atoms with Crippen molar-refractivity contribution in [2.24, 2.45) is 0 Å². The maximum atomic E-state index is 14.2. The molecule has 0 radical (unpaired) electrons. The number of amides is 2. The molecular weight excluding hydrogens is 817 g/mol. The molecular formula is C48H41Cl2N3O8. The van der Waals surface area contributed by atoms with Crippen molar-refractivity contribution in [1.29, 1.82) is 0 Å². The Morgan fingerprint density at radius 1 is 0.885 bits per heavy atom. The zero-order valence-electron chi connectivity index (χ0n) is 33.2. The molecule has 310 valence electrons. The highest BCUT2D eigenvalue weighted by atomic mass is 35.5. The first-order chi connectivity index (χ1) is 29.4. The zero-order valence-corrected chi connectivity index (χ0v) is 34.7. The summed E-state index contributed by atoms with van der Waals surface area (Å²) in [6.45, 7) is 4.51. The topological polar surface area (TPSA) is 148 Å².